The third kappa shape index (κ3) is 16.5. The fourth-order valence-electron chi connectivity index (χ4n) is 4.57. The first-order valence-corrected chi connectivity index (χ1v) is 20.1. The molecule has 14 heteroatoms. The summed E-state index contributed by atoms with van der Waals surface area (Å²) in [5.74, 6) is 1.01. The summed E-state index contributed by atoms with van der Waals surface area (Å²) in [6.45, 7) is 26.9. The van der Waals surface area contributed by atoms with Crippen LogP contribution in [0.3, 0.4) is 0 Å². The van der Waals surface area contributed by atoms with Crippen molar-refractivity contribution in [2.24, 2.45) is 0 Å². The summed E-state index contributed by atoms with van der Waals surface area (Å²) in [5.41, 5.74) is 6.00. The van der Waals surface area contributed by atoms with Crippen LogP contribution < -0.4 is 23.7 Å². The maximum atomic E-state index is 13.2. The molecule has 0 aromatic carbocycles. The molecule has 0 atom stereocenters. The highest BCUT2D eigenvalue weighted by atomic mass is 32.2. The number of halogens is 1. The number of anilines is 1. The maximum Gasteiger partial charge on any atom is 0.250 e. The number of hydrogen-bond donors (Lipinski definition) is 1. The normalized spacial score (nSPS) is 11.5. The van der Waals surface area contributed by atoms with Gasteiger partial charge in [0.25, 0.3) is 0 Å². The van der Waals surface area contributed by atoms with E-state index in [-0.39, 0.29) is 33.4 Å². The minimum atomic E-state index is -3.34. The lowest BCUT2D eigenvalue weighted by molar-refractivity contribution is 0.367. The monoisotopic (exact) mass is 810 g/mol. The number of sulfonamides is 1. The van der Waals surface area contributed by atoms with Gasteiger partial charge >= 0.3 is 0 Å². The van der Waals surface area contributed by atoms with Gasteiger partial charge in [0.05, 0.1) is 34.7 Å². The molecule has 0 unspecified atom stereocenters. The molecule has 0 aliphatic heterocycles. The Morgan fingerprint density at radius 1 is 0.579 bits per heavy atom. The highest BCUT2D eigenvalue weighted by molar-refractivity contribution is 7.92. The van der Waals surface area contributed by atoms with Gasteiger partial charge in [-0.2, -0.15) is 5.26 Å². The van der Waals surface area contributed by atoms with E-state index in [9.17, 15) is 12.8 Å². The summed E-state index contributed by atoms with van der Waals surface area (Å²) in [6, 6.07) is 9.23. The number of aromatic nitrogens is 4. The van der Waals surface area contributed by atoms with Gasteiger partial charge in [0, 0.05) is 30.4 Å². The zero-order valence-corrected chi connectivity index (χ0v) is 37.9. The lowest BCUT2D eigenvalue weighted by Gasteiger charge is -2.20. The van der Waals surface area contributed by atoms with E-state index in [1.807, 2.05) is 60.7 Å². The lowest BCUT2D eigenvalue weighted by Crippen LogP contribution is -2.15. The third-order valence-electron chi connectivity index (χ3n) is 8.19. The number of ether oxygens (including phenoxy) is 4. The van der Waals surface area contributed by atoms with Gasteiger partial charge in [-0.1, -0.05) is 83.1 Å². The molecule has 4 heterocycles. The van der Waals surface area contributed by atoms with Crippen LogP contribution in [0.1, 0.15) is 116 Å². The molecular weight excluding hydrogens is 748 g/mol. The Kier molecular flexibility index (Phi) is 17.9. The van der Waals surface area contributed by atoms with Gasteiger partial charge < -0.3 is 18.9 Å². The highest BCUT2D eigenvalue weighted by Gasteiger charge is 2.20. The Hall–Kier alpha value is -5.03. The number of nitrogens with one attached hydrogen (secondary N) is 1. The molecule has 0 amide bonds. The molecule has 0 aliphatic carbocycles. The minimum Gasteiger partial charge on any atom is -0.481 e. The second kappa shape index (κ2) is 20.4. The standard InChI is InChI=1S/C11H18N2O3S.C11H14N2O.C11H17NO.C10H14FNO/c1-11(2,3)8-6-9(13-17(5,14)15)10(16-4)12-7-8;1-11(2,3)9-5-8(6-12)10(14-4)13-7-9;1-8-6-9(11(2,3)4)7-12-10(8)13-5;1-10(2,3)7-5-8(11)9(13-4)12-6-7/h6-7,13H,1-5H3;5,7H,1-4H3;6-7H,1-5H3;5-6H,1-4H3. The van der Waals surface area contributed by atoms with Crippen LogP contribution in [0, 0.1) is 24.1 Å². The van der Waals surface area contributed by atoms with Crippen molar-refractivity contribution >= 4 is 15.7 Å². The SMILES string of the molecule is COc1ncc(C(C)(C)C)cc1C.COc1ncc(C(C)(C)C)cc1C#N.COc1ncc(C(C)(C)C)cc1F.COc1ncc(C(C)(C)C)cc1NS(C)(=O)=O. The van der Waals surface area contributed by atoms with Crippen LogP contribution in [0.25, 0.3) is 0 Å². The number of hydrogen-bond acceptors (Lipinski definition) is 11. The summed E-state index contributed by atoms with van der Waals surface area (Å²) in [7, 11) is 2.67. The van der Waals surface area contributed by atoms with E-state index in [0.717, 1.165) is 28.5 Å². The average Bonchev–Trinajstić information content (AvgIpc) is 3.09. The van der Waals surface area contributed by atoms with E-state index in [0.29, 0.717) is 23.0 Å². The van der Waals surface area contributed by atoms with Gasteiger partial charge in [-0.3, -0.25) is 4.72 Å². The molecule has 57 heavy (non-hydrogen) atoms. The predicted molar refractivity (Wildman–Crippen MR) is 226 cm³/mol. The third-order valence-corrected chi connectivity index (χ3v) is 8.78. The number of methoxy groups -OCH3 is 4. The van der Waals surface area contributed by atoms with E-state index in [4.69, 9.17) is 24.2 Å². The molecule has 4 aromatic heterocycles. The Bertz CT molecular complexity index is 2010. The first-order chi connectivity index (χ1) is 26.0. The first kappa shape index (κ1) is 50.0. The number of nitrogens with zero attached hydrogens (tertiary/aromatic N) is 5. The van der Waals surface area contributed by atoms with E-state index >= 15 is 0 Å². The van der Waals surface area contributed by atoms with Crippen LogP contribution in [-0.4, -0.2) is 63.0 Å². The smallest absolute Gasteiger partial charge is 0.250 e. The van der Waals surface area contributed by atoms with Gasteiger partial charge in [-0.25, -0.2) is 32.7 Å². The van der Waals surface area contributed by atoms with Crippen molar-refractivity contribution in [1.82, 2.24) is 19.9 Å². The molecule has 0 spiro atoms. The van der Waals surface area contributed by atoms with Gasteiger partial charge in [-0.15, -0.1) is 0 Å². The molecule has 1 N–H and O–H groups in total. The Labute approximate surface area is 340 Å². The van der Waals surface area contributed by atoms with Gasteiger partial charge in [0.2, 0.25) is 33.5 Å². The molecule has 0 aliphatic rings. The maximum absolute atomic E-state index is 13.2. The fraction of sp³-hybridized carbons (Fsp3) is 0.512. The van der Waals surface area contributed by atoms with Crippen molar-refractivity contribution in [3.63, 3.8) is 0 Å². The molecule has 0 radical (unpaired) electrons. The Morgan fingerprint density at radius 2 is 0.930 bits per heavy atom. The number of nitriles is 1. The molecule has 12 nitrogen and oxygen atoms in total. The summed E-state index contributed by atoms with van der Waals surface area (Å²) >= 11 is 0. The Balaban J connectivity index is 0.000000382. The minimum absolute atomic E-state index is 0.00483. The van der Waals surface area contributed by atoms with Gasteiger partial charge in [0.15, 0.2) is 5.82 Å². The van der Waals surface area contributed by atoms with Crippen molar-refractivity contribution < 1.29 is 31.8 Å². The largest absolute Gasteiger partial charge is 0.481 e. The second-order valence-corrected chi connectivity index (χ2v) is 19.1. The van der Waals surface area contributed by atoms with Crippen molar-refractivity contribution in [2.45, 2.75) is 112 Å². The Morgan fingerprint density at radius 3 is 1.28 bits per heavy atom. The van der Waals surface area contributed by atoms with Crippen LogP contribution >= 0.6 is 0 Å². The zero-order chi connectivity index (χ0) is 44.2. The van der Waals surface area contributed by atoms with E-state index < -0.39 is 15.8 Å². The molecule has 0 saturated carbocycles. The molecule has 0 bridgehead atoms. The van der Waals surface area contributed by atoms with Crippen LogP contribution in [0.15, 0.2) is 49.1 Å². The zero-order valence-electron chi connectivity index (χ0n) is 37.1. The van der Waals surface area contributed by atoms with E-state index in [1.54, 1.807) is 31.8 Å². The quantitative estimate of drug-likeness (QED) is 0.198. The van der Waals surface area contributed by atoms with E-state index in [2.05, 4.69) is 78.3 Å². The molecule has 0 fully saturated rings. The van der Waals surface area contributed by atoms with Gasteiger partial charge in [0.1, 0.15) is 17.3 Å². The van der Waals surface area contributed by atoms with Crippen molar-refractivity contribution in [3.8, 4) is 29.6 Å². The summed E-state index contributed by atoms with van der Waals surface area (Å²) in [5, 5.41) is 8.87. The predicted octanol–water partition coefficient (Wildman–Crippen LogP) is 9.24. The number of aryl methyl sites for hydroxylation is 1. The molecule has 314 valence electrons. The van der Waals surface area contributed by atoms with E-state index in [1.165, 1.54) is 33.0 Å². The van der Waals surface area contributed by atoms with Crippen LogP contribution in [0.5, 0.6) is 23.5 Å². The van der Waals surface area contributed by atoms with Gasteiger partial charge in [-0.05, 0) is 75.1 Å². The summed E-state index contributed by atoms with van der Waals surface area (Å²) in [6.07, 6.45) is 8.05. The average molecular weight is 811 g/mol. The topological polar surface area (TPSA) is 158 Å². The van der Waals surface area contributed by atoms with Crippen LogP contribution in [0.2, 0.25) is 0 Å². The van der Waals surface area contributed by atoms with Crippen molar-refractivity contribution in [2.75, 3.05) is 39.4 Å². The molecule has 4 rings (SSSR count). The lowest BCUT2D eigenvalue weighted by atomic mass is 9.88. The fourth-order valence-corrected chi connectivity index (χ4v) is 5.12. The van der Waals surface area contributed by atoms with Crippen LogP contribution in [-0.2, 0) is 31.7 Å². The molecule has 4 aromatic rings. The second-order valence-electron chi connectivity index (χ2n) is 17.3. The highest BCUT2D eigenvalue weighted by Crippen LogP contribution is 2.30. The van der Waals surface area contributed by atoms with Crippen LogP contribution in [0.4, 0.5) is 10.1 Å². The first-order valence-electron chi connectivity index (χ1n) is 18.2. The number of pyridine rings is 4. The summed E-state index contributed by atoms with van der Waals surface area (Å²) in [4.78, 5) is 16.3. The number of rotatable bonds is 6. The van der Waals surface area contributed by atoms with Crippen molar-refractivity contribution in [3.05, 3.63) is 88.3 Å². The molecular formula is C43H63FN6O6S. The molecule has 0 saturated heterocycles. The summed E-state index contributed by atoms with van der Waals surface area (Å²) < 4.78 is 57.9. The van der Waals surface area contributed by atoms with Crippen molar-refractivity contribution in [1.29, 1.82) is 5.26 Å².